The van der Waals surface area contributed by atoms with Crippen molar-refractivity contribution >= 4 is 5.97 Å². The van der Waals surface area contributed by atoms with Gasteiger partial charge in [0.1, 0.15) is 0 Å². The van der Waals surface area contributed by atoms with Gasteiger partial charge in [-0.1, -0.05) is 13.3 Å². The van der Waals surface area contributed by atoms with Crippen LogP contribution in [-0.2, 0) is 18.2 Å². The molecule has 0 aliphatic rings. The number of rotatable bonds is 5. The second-order valence-electron chi connectivity index (χ2n) is 4.39. The van der Waals surface area contributed by atoms with Gasteiger partial charge in [0, 0.05) is 25.6 Å². The topological polar surface area (TPSA) is 69.9 Å². The molecular weight excluding hydrogens is 256 g/mol. The Labute approximate surface area is 117 Å². The number of aromatic nitrogens is 4. The minimum Gasteiger partial charge on any atom is -0.462 e. The SMILES string of the molecule is CCCc1nc(-c2nccn2C)ncc1C(=O)OCC. The molecule has 0 amide bonds. The molecule has 0 saturated heterocycles. The van der Waals surface area contributed by atoms with Crippen molar-refractivity contribution in [1.82, 2.24) is 19.5 Å². The predicted octanol–water partition coefficient (Wildman–Crippen LogP) is 2.01. The first-order valence-corrected chi connectivity index (χ1v) is 6.68. The molecule has 0 aromatic carbocycles. The van der Waals surface area contributed by atoms with Crippen molar-refractivity contribution < 1.29 is 9.53 Å². The van der Waals surface area contributed by atoms with Gasteiger partial charge in [-0.15, -0.1) is 0 Å². The lowest BCUT2D eigenvalue weighted by molar-refractivity contribution is 0.0524. The quantitative estimate of drug-likeness (QED) is 0.780. The number of nitrogens with zero attached hydrogens (tertiary/aromatic N) is 4. The van der Waals surface area contributed by atoms with Crippen LogP contribution in [-0.4, -0.2) is 32.1 Å². The molecule has 0 bridgehead atoms. The average Bonchev–Trinajstić information content (AvgIpc) is 2.85. The van der Waals surface area contributed by atoms with E-state index in [2.05, 4.69) is 15.0 Å². The zero-order valence-corrected chi connectivity index (χ0v) is 12.0. The molecule has 0 atom stereocenters. The van der Waals surface area contributed by atoms with Crippen LogP contribution in [0.3, 0.4) is 0 Å². The van der Waals surface area contributed by atoms with Gasteiger partial charge in [0.15, 0.2) is 11.6 Å². The van der Waals surface area contributed by atoms with Crippen molar-refractivity contribution in [2.75, 3.05) is 6.61 Å². The van der Waals surface area contributed by atoms with E-state index in [1.54, 1.807) is 13.1 Å². The fourth-order valence-electron chi connectivity index (χ4n) is 1.91. The maximum Gasteiger partial charge on any atom is 0.341 e. The molecule has 0 radical (unpaired) electrons. The smallest absolute Gasteiger partial charge is 0.341 e. The summed E-state index contributed by atoms with van der Waals surface area (Å²) in [4.78, 5) is 24.8. The molecule has 6 heteroatoms. The van der Waals surface area contributed by atoms with Crippen molar-refractivity contribution in [3.05, 3.63) is 29.8 Å². The van der Waals surface area contributed by atoms with Crippen LogP contribution in [0.25, 0.3) is 11.6 Å². The molecule has 0 aliphatic heterocycles. The van der Waals surface area contributed by atoms with E-state index in [1.807, 2.05) is 24.7 Å². The fourth-order valence-corrected chi connectivity index (χ4v) is 1.91. The Bertz CT molecular complexity index is 607. The van der Waals surface area contributed by atoms with Gasteiger partial charge in [-0.25, -0.2) is 19.7 Å². The van der Waals surface area contributed by atoms with E-state index in [4.69, 9.17) is 4.74 Å². The van der Waals surface area contributed by atoms with Gasteiger partial charge < -0.3 is 9.30 Å². The monoisotopic (exact) mass is 274 g/mol. The van der Waals surface area contributed by atoms with Crippen molar-refractivity contribution in [2.45, 2.75) is 26.7 Å². The number of aryl methyl sites for hydroxylation is 2. The van der Waals surface area contributed by atoms with Crippen molar-refractivity contribution in [2.24, 2.45) is 7.05 Å². The summed E-state index contributed by atoms with van der Waals surface area (Å²) in [6, 6.07) is 0. The first-order chi connectivity index (χ1) is 9.67. The third-order valence-electron chi connectivity index (χ3n) is 2.87. The minimum atomic E-state index is -0.373. The third kappa shape index (κ3) is 2.84. The van der Waals surface area contributed by atoms with E-state index in [0.717, 1.165) is 6.42 Å². The van der Waals surface area contributed by atoms with E-state index in [-0.39, 0.29) is 5.97 Å². The van der Waals surface area contributed by atoms with E-state index >= 15 is 0 Å². The molecular formula is C14H18N4O2. The predicted molar refractivity (Wildman–Crippen MR) is 74.2 cm³/mol. The van der Waals surface area contributed by atoms with Gasteiger partial charge in [-0.3, -0.25) is 0 Å². The molecule has 6 nitrogen and oxygen atoms in total. The Balaban J connectivity index is 2.42. The fraction of sp³-hybridized carbons (Fsp3) is 0.429. The average molecular weight is 274 g/mol. The molecule has 2 rings (SSSR count). The van der Waals surface area contributed by atoms with Crippen LogP contribution in [0, 0.1) is 0 Å². The summed E-state index contributed by atoms with van der Waals surface area (Å²) in [5, 5.41) is 0. The van der Waals surface area contributed by atoms with Crippen molar-refractivity contribution in [1.29, 1.82) is 0 Å². The molecule has 106 valence electrons. The van der Waals surface area contributed by atoms with Gasteiger partial charge in [0.2, 0.25) is 0 Å². The summed E-state index contributed by atoms with van der Waals surface area (Å²) in [6.07, 6.45) is 6.65. The molecule has 0 fully saturated rings. The highest BCUT2D eigenvalue weighted by Crippen LogP contribution is 2.16. The second kappa shape index (κ2) is 6.27. The number of hydrogen-bond donors (Lipinski definition) is 0. The molecule has 2 aromatic heterocycles. The Morgan fingerprint density at radius 1 is 1.35 bits per heavy atom. The molecule has 20 heavy (non-hydrogen) atoms. The van der Waals surface area contributed by atoms with Gasteiger partial charge >= 0.3 is 5.97 Å². The maximum absolute atomic E-state index is 11.9. The molecule has 0 unspecified atom stereocenters. The Morgan fingerprint density at radius 2 is 2.15 bits per heavy atom. The first-order valence-electron chi connectivity index (χ1n) is 6.68. The van der Waals surface area contributed by atoms with Crippen LogP contribution in [0.15, 0.2) is 18.6 Å². The van der Waals surface area contributed by atoms with Crippen LogP contribution < -0.4 is 0 Å². The van der Waals surface area contributed by atoms with E-state index in [1.165, 1.54) is 6.20 Å². The van der Waals surface area contributed by atoms with E-state index in [0.29, 0.717) is 35.9 Å². The summed E-state index contributed by atoms with van der Waals surface area (Å²) in [6.45, 7) is 4.16. The molecule has 2 aromatic rings. The second-order valence-corrected chi connectivity index (χ2v) is 4.39. The number of hydrogen-bond acceptors (Lipinski definition) is 5. The highest BCUT2D eigenvalue weighted by atomic mass is 16.5. The summed E-state index contributed by atoms with van der Waals surface area (Å²) in [5.41, 5.74) is 1.14. The van der Waals surface area contributed by atoms with Crippen LogP contribution in [0.2, 0.25) is 0 Å². The minimum absolute atomic E-state index is 0.339. The highest BCUT2D eigenvalue weighted by molar-refractivity contribution is 5.90. The molecule has 2 heterocycles. The molecule has 0 spiro atoms. The first kappa shape index (κ1) is 14.2. The zero-order chi connectivity index (χ0) is 14.5. The lowest BCUT2D eigenvalue weighted by Crippen LogP contribution is -2.12. The maximum atomic E-state index is 11.9. The van der Waals surface area contributed by atoms with E-state index in [9.17, 15) is 4.79 Å². The van der Waals surface area contributed by atoms with Gasteiger partial charge in [-0.05, 0) is 13.3 Å². The van der Waals surface area contributed by atoms with Crippen LogP contribution in [0.1, 0.15) is 36.3 Å². The number of esters is 1. The standard InChI is InChI=1S/C14H18N4O2/c1-4-6-11-10(14(19)20-5-2)9-16-12(17-11)13-15-7-8-18(13)3/h7-9H,4-6H2,1-3H3. The number of ether oxygens (including phenoxy) is 1. The molecule has 0 aliphatic carbocycles. The third-order valence-corrected chi connectivity index (χ3v) is 2.87. The lowest BCUT2D eigenvalue weighted by Gasteiger charge is -2.08. The van der Waals surface area contributed by atoms with Gasteiger partial charge in [0.25, 0.3) is 0 Å². The largest absolute Gasteiger partial charge is 0.462 e. The van der Waals surface area contributed by atoms with Gasteiger partial charge in [0.05, 0.1) is 17.9 Å². The Morgan fingerprint density at radius 3 is 2.75 bits per heavy atom. The van der Waals surface area contributed by atoms with Crippen molar-refractivity contribution in [3.63, 3.8) is 0 Å². The van der Waals surface area contributed by atoms with Crippen molar-refractivity contribution in [3.8, 4) is 11.6 Å². The van der Waals surface area contributed by atoms with Crippen LogP contribution in [0.4, 0.5) is 0 Å². The normalized spacial score (nSPS) is 10.6. The summed E-state index contributed by atoms with van der Waals surface area (Å²) in [5.74, 6) is 0.828. The van der Waals surface area contributed by atoms with Crippen LogP contribution in [0.5, 0.6) is 0 Å². The highest BCUT2D eigenvalue weighted by Gasteiger charge is 2.17. The Kier molecular flexibility index (Phi) is 4.45. The number of carbonyl (C=O) groups is 1. The Hall–Kier alpha value is -2.24. The lowest BCUT2D eigenvalue weighted by atomic mass is 10.1. The number of carbonyl (C=O) groups excluding carboxylic acids is 1. The zero-order valence-electron chi connectivity index (χ0n) is 12.0. The summed E-state index contributed by atoms with van der Waals surface area (Å²) in [7, 11) is 1.88. The number of imidazole rings is 1. The van der Waals surface area contributed by atoms with Gasteiger partial charge in [-0.2, -0.15) is 0 Å². The van der Waals surface area contributed by atoms with Crippen LogP contribution >= 0.6 is 0 Å². The van der Waals surface area contributed by atoms with E-state index < -0.39 is 0 Å². The molecule has 0 N–H and O–H groups in total. The summed E-state index contributed by atoms with van der Waals surface area (Å²) >= 11 is 0. The summed E-state index contributed by atoms with van der Waals surface area (Å²) < 4.78 is 6.87. The molecule has 0 saturated carbocycles.